The van der Waals surface area contributed by atoms with Gasteiger partial charge in [-0.25, -0.2) is 0 Å². The van der Waals surface area contributed by atoms with Gasteiger partial charge < -0.3 is 15.0 Å². The maximum atomic E-state index is 12.4. The summed E-state index contributed by atoms with van der Waals surface area (Å²) in [6, 6.07) is 16.1. The highest BCUT2D eigenvalue weighted by Gasteiger charge is 2.17. The molecule has 1 aromatic heterocycles. The lowest BCUT2D eigenvalue weighted by molar-refractivity contribution is 0.0945. The average Bonchev–Trinajstić information content (AvgIpc) is 3.30. The minimum absolute atomic E-state index is 0.0234. The van der Waals surface area contributed by atoms with Crippen molar-refractivity contribution in [2.24, 2.45) is 5.92 Å². The zero-order valence-corrected chi connectivity index (χ0v) is 13.4. The van der Waals surface area contributed by atoms with E-state index in [-0.39, 0.29) is 5.91 Å². The number of aromatic nitrogens is 1. The molecule has 1 aliphatic heterocycles. The molecule has 1 fully saturated rings. The highest BCUT2D eigenvalue weighted by atomic mass is 16.5. The number of carbonyl (C=O) groups is 1. The van der Waals surface area contributed by atoms with Crippen LogP contribution in [-0.4, -0.2) is 30.6 Å². The van der Waals surface area contributed by atoms with Gasteiger partial charge in [-0.2, -0.15) is 0 Å². The van der Waals surface area contributed by atoms with Gasteiger partial charge in [0.15, 0.2) is 0 Å². The summed E-state index contributed by atoms with van der Waals surface area (Å²) in [5.41, 5.74) is 3.94. The minimum atomic E-state index is -0.0234. The third-order valence-corrected chi connectivity index (χ3v) is 4.59. The molecule has 2 N–H and O–H groups in total. The van der Waals surface area contributed by atoms with E-state index < -0.39 is 0 Å². The first-order chi connectivity index (χ1) is 11.8. The van der Waals surface area contributed by atoms with Crippen molar-refractivity contribution in [3.8, 4) is 11.1 Å². The molecule has 4 nitrogen and oxygen atoms in total. The molecule has 24 heavy (non-hydrogen) atoms. The van der Waals surface area contributed by atoms with Crippen molar-refractivity contribution < 1.29 is 9.53 Å². The van der Waals surface area contributed by atoms with E-state index >= 15 is 0 Å². The lowest BCUT2D eigenvalue weighted by Crippen LogP contribution is -2.29. The largest absolute Gasteiger partial charge is 0.381 e. The van der Waals surface area contributed by atoms with Gasteiger partial charge in [0.1, 0.15) is 0 Å². The Labute approximate surface area is 140 Å². The summed E-state index contributed by atoms with van der Waals surface area (Å²) >= 11 is 0. The number of ether oxygens (including phenoxy) is 1. The van der Waals surface area contributed by atoms with Gasteiger partial charge in [-0.15, -0.1) is 0 Å². The molecule has 3 aromatic rings. The number of benzene rings is 2. The second-order valence-corrected chi connectivity index (χ2v) is 6.30. The number of carbonyl (C=O) groups excluding carboxylic acids is 1. The minimum Gasteiger partial charge on any atom is -0.381 e. The predicted octanol–water partition coefficient (Wildman–Crippen LogP) is 3.60. The van der Waals surface area contributed by atoms with Crippen LogP contribution in [-0.2, 0) is 4.74 Å². The maximum Gasteiger partial charge on any atom is 0.251 e. The van der Waals surface area contributed by atoms with Crippen molar-refractivity contribution >= 4 is 16.8 Å². The maximum absolute atomic E-state index is 12.4. The quantitative estimate of drug-likeness (QED) is 0.772. The smallest absolute Gasteiger partial charge is 0.251 e. The Bertz CT molecular complexity index is 863. The van der Waals surface area contributed by atoms with Gasteiger partial charge in [0, 0.05) is 36.3 Å². The first-order valence-corrected chi connectivity index (χ1v) is 8.33. The Morgan fingerprint density at radius 3 is 2.96 bits per heavy atom. The summed E-state index contributed by atoms with van der Waals surface area (Å²) in [7, 11) is 0. The van der Waals surface area contributed by atoms with Crippen LogP contribution in [0, 0.1) is 5.92 Å². The van der Waals surface area contributed by atoms with Gasteiger partial charge in [-0.3, -0.25) is 4.79 Å². The first kappa shape index (κ1) is 15.0. The molecular weight excluding hydrogens is 300 g/mol. The standard InChI is InChI=1S/C20H20N2O2/c23-20(22-12-14-7-9-24-13-14)18-3-1-2-16(10-18)17-5-4-15-6-8-21-19(15)11-17/h1-6,8,10-11,14,21H,7,9,12-13H2,(H,22,23)/t14-/m1/s1. The van der Waals surface area contributed by atoms with Crippen molar-refractivity contribution in [1.29, 1.82) is 0 Å². The van der Waals surface area contributed by atoms with Crippen LogP contribution >= 0.6 is 0 Å². The number of H-pyrrole nitrogens is 1. The molecule has 122 valence electrons. The van der Waals surface area contributed by atoms with Gasteiger partial charge in [0.2, 0.25) is 0 Å². The molecule has 1 amide bonds. The van der Waals surface area contributed by atoms with Crippen molar-refractivity contribution in [2.45, 2.75) is 6.42 Å². The second-order valence-electron chi connectivity index (χ2n) is 6.30. The zero-order valence-electron chi connectivity index (χ0n) is 13.4. The molecule has 0 bridgehead atoms. The van der Waals surface area contributed by atoms with Crippen LogP contribution in [0.15, 0.2) is 54.7 Å². The fourth-order valence-corrected chi connectivity index (χ4v) is 3.15. The van der Waals surface area contributed by atoms with Crippen molar-refractivity contribution in [3.05, 3.63) is 60.3 Å². The molecule has 4 heteroatoms. The van der Waals surface area contributed by atoms with E-state index in [1.54, 1.807) is 0 Å². The summed E-state index contributed by atoms with van der Waals surface area (Å²) in [5.74, 6) is 0.414. The van der Waals surface area contributed by atoms with Crippen LogP contribution < -0.4 is 5.32 Å². The van der Waals surface area contributed by atoms with Crippen molar-refractivity contribution in [2.75, 3.05) is 19.8 Å². The molecular formula is C20H20N2O2. The Hall–Kier alpha value is -2.59. The molecule has 0 unspecified atom stereocenters. The average molecular weight is 320 g/mol. The summed E-state index contributed by atoms with van der Waals surface area (Å²) in [5, 5.41) is 4.21. The van der Waals surface area contributed by atoms with Gasteiger partial charge >= 0.3 is 0 Å². The van der Waals surface area contributed by atoms with Crippen LogP contribution in [0.2, 0.25) is 0 Å². The fourth-order valence-electron chi connectivity index (χ4n) is 3.15. The van der Waals surface area contributed by atoms with E-state index in [1.165, 1.54) is 5.39 Å². The molecule has 0 aliphatic carbocycles. The van der Waals surface area contributed by atoms with Crippen LogP contribution in [0.1, 0.15) is 16.8 Å². The number of amides is 1. The number of hydrogen-bond acceptors (Lipinski definition) is 2. The lowest BCUT2D eigenvalue weighted by Gasteiger charge is -2.10. The third-order valence-electron chi connectivity index (χ3n) is 4.59. The monoisotopic (exact) mass is 320 g/mol. The van der Waals surface area contributed by atoms with E-state index in [4.69, 9.17) is 4.74 Å². The van der Waals surface area contributed by atoms with Crippen LogP contribution in [0.4, 0.5) is 0 Å². The summed E-state index contributed by atoms with van der Waals surface area (Å²) in [4.78, 5) is 15.6. The van der Waals surface area contributed by atoms with Crippen LogP contribution in [0.3, 0.4) is 0 Å². The Balaban J connectivity index is 1.52. The Kier molecular flexibility index (Phi) is 4.05. The molecule has 1 atom stereocenters. The van der Waals surface area contributed by atoms with Crippen molar-refractivity contribution in [3.63, 3.8) is 0 Å². The van der Waals surface area contributed by atoms with E-state index in [0.717, 1.165) is 36.3 Å². The predicted molar refractivity (Wildman–Crippen MR) is 95.0 cm³/mol. The number of fused-ring (bicyclic) bond motifs is 1. The Morgan fingerprint density at radius 1 is 1.17 bits per heavy atom. The van der Waals surface area contributed by atoms with E-state index in [9.17, 15) is 4.79 Å². The first-order valence-electron chi connectivity index (χ1n) is 8.33. The highest BCUT2D eigenvalue weighted by molar-refractivity contribution is 5.95. The summed E-state index contributed by atoms with van der Waals surface area (Å²) < 4.78 is 5.35. The second kappa shape index (κ2) is 6.49. The number of aromatic amines is 1. The van der Waals surface area contributed by atoms with Crippen molar-refractivity contribution in [1.82, 2.24) is 10.3 Å². The molecule has 0 saturated carbocycles. The zero-order chi connectivity index (χ0) is 16.4. The molecule has 1 aliphatic rings. The topological polar surface area (TPSA) is 54.1 Å². The van der Waals surface area contributed by atoms with E-state index in [2.05, 4.69) is 34.6 Å². The third kappa shape index (κ3) is 3.05. The molecule has 0 spiro atoms. The SMILES string of the molecule is O=C(NC[C@H]1CCOC1)c1cccc(-c2ccc3cc[nH]c3c2)c1. The van der Waals surface area contributed by atoms with Crippen LogP contribution in [0.25, 0.3) is 22.0 Å². The number of nitrogens with one attached hydrogen (secondary N) is 2. The highest BCUT2D eigenvalue weighted by Crippen LogP contribution is 2.24. The summed E-state index contributed by atoms with van der Waals surface area (Å²) in [6.45, 7) is 2.23. The van der Waals surface area contributed by atoms with Gasteiger partial charge in [0.05, 0.1) is 6.61 Å². The Morgan fingerprint density at radius 2 is 2.08 bits per heavy atom. The molecule has 2 aromatic carbocycles. The fraction of sp³-hybridized carbons (Fsp3) is 0.250. The van der Waals surface area contributed by atoms with Gasteiger partial charge in [-0.1, -0.05) is 24.3 Å². The van der Waals surface area contributed by atoms with Gasteiger partial charge in [0.25, 0.3) is 5.91 Å². The van der Waals surface area contributed by atoms with Gasteiger partial charge in [-0.05, 0) is 47.2 Å². The lowest BCUT2D eigenvalue weighted by atomic mass is 10.0. The van der Waals surface area contributed by atoms with E-state index in [0.29, 0.717) is 18.0 Å². The molecule has 4 rings (SSSR count). The molecule has 0 radical (unpaired) electrons. The number of rotatable bonds is 4. The normalized spacial score (nSPS) is 17.2. The number of hydrogen-bond donors (Lipinski definition) is 2. The molecule has 2 heterocycles. The summed E-state index contributed by atoms with van der Waals surface area (Å²) in [6.07, 6.45) is 2.96. The van der Waals surface area contributed by atoms with Crippen LogP contribution in [0.5, 0.6) is 0 Å². The van der Waals surface area contributed by atoms with E-state index in [1.807, 2.05) is 30.5 Å². The molecule has 1 saturated heterocycles.